The molecule has 0 amide bonds. The number of nitrogens with two attached hydrogens (primary N) is 1. The Morgan fingerprint density at radius 3 is 2.45 bits per heavy atom. The van der Waals surface area contributed by atoms with Gasteiger partial charge in [0.05, 0.1) is 0 Å². The van der Waals surface area contributed by atoms with Gasteiger partial charge in [-0.1, -0.05) is 15.9 Å². The summed E-state index contributed by atoms with van der Waals surface area (Å²) < 4.78 is 1.04. The summed E-state index contributed by atoms with van der Waals surface area (Å²) in [5.74, 6) is 5.22. The van der Waals surface area contributed by atoms with Crippen molar-refractivity contribution < 1.29 is 0 Å². The highest BCUT2D eigenvalue weighted by Crippen LogP contribution is 2.17. The Morgan fingerprint density at radius 2 is 2.00 bits per heavy atom. The Morgan fingerprint density at radius 1 is 1.36 bits per heavy atom. The van der Waals surface area contributed by atoms with Gasteiger partial charge in [-0.2, -0.15) is 0 Å². The smallest absolute Gasteiger partial charge is 0.0498 e. The Bertz CT molecular complexity index is 220. The van der Waals surface area contributed by atoms with Gasteiger partial charge in [0.25, 0.3) is 0 Å². The van der Waals surface area contributed by atoms with Gasteiger partial charge in [0.2, 0.25) is 0 Å². The Labute approximate surface area is 80.7 Å². The van der Waals surface area contributed by atoms with E-state index >= 15 is 0 Å². The quantitative estimate of drug-likeness (QED) is 0.582. The molecule has 3 N–H and O–H groups in total. The molecular formula is C7H10BrClN2. The van der Waals surface area contributed by atoms with E-state index in [2.05, 4.69) is 21.4 Å². The average Bonchev–Trinajstić information content (AvgIpc) is 1.85. The topological polar surface area (TPSA) is 38.0 Å². The normalized spacial score (nSPS) is 8.64. The van der Waals surface area contributed by atoms with E-state index < -0.39 is 0 Å². The van der Waals surface area contributed by atoms with Gasteiger partial charge in [-0.25, -0.2) is 0 Å². The number of aryl methyl sites for hydroxylation is 1. The van der Waals surface area contributed by atoms with E-state index in [1.807, 2.05) is 25.1 Å². The molecule has 0 spiro atoms. The molecule has 1 aromatic carbocycles. The predicted octanol–water partition coefficient (Wildman–Crippen LogP) is 2.46. The molecule has 0 aromatic heterocycles. The molecule has 0 radical (unpaired) electrons. The van der Waals surface area contributed by atoms with Crippen LogP contribution in [0.2, 0.25) is 0 Å². The molecule has 62 valence electrons. The number of hydrazine groups is 1. The van der Waals surface area contributed by atoms with Crippen molar-refractivity contribution in [3.05, 3.63) is 28.2 Å². The lowest BCUT2D eigenvalue weighted by atomic mass is 10.2. The first-order valence-corrected chi connectivity index (χ1v) is 3.75. The summed E-state index contributed by atoms with van der Waals surface area (Å²) in [6.07, 6.45) is 0. The summed E-state index contributed by atoms with van der Waals surface area (Å²) in [6.45, 7) is 2.02. The van der Waals surface area contributed by atoms with Gasteiger partial charge in [-0.3, -0.25) is 5.84 Å². The maximum absolute atomic E-state index is 5.22. The first-order valence-electron chi connectivity index (χ1n) is 2.96. The minimum Gasteiger partial charge on any atom is -0.324 e. The van der Waals surface area contributed by atoms with Crippen molar-refractivity contribution in [2.24, 2.45) is 5.84 Å². The van der Waals surface area contributed by atoms with Gasteiger partial charge in [0.1, 0.15) is 0 Å². The van der Waals surface area contributed by atoms with Gasteiger partial charge in [-0.15, -0.1) is 12.4 Å². The van der Waals surface area contributed by atoms with E-state index in [0.29, 0.717) is 0 Å². The molecule has 0 saturated heterocycles. The number of benzene rings is 1. The van der Waals surface area contributed by atoms with E-state index in [-0.39, 0.29) is 12.4 Å². The van der Waals surface area contributed by atoms with Crippen LogP contribution in [0.25, 0.3) is 0 Å². The average molecular weight is 238 g/mol. The third kappa shape index (κ3) is 3.10. The summed E-state index contributed by atoms with van der Waals surface area (Å²) in [5, 5.41) is 0. The molecule has 1 rings (SSSR count). The van der Waals surface area contributed by atoms with Gasteiger partial charge in [0, 0.05) is 10.2 Å². The Balaban J connectivity index is 0.000001000. The molecule has 0 unspecified atom stereocenters. The first kappa shape index (κ1) is 10.8. The van der Waals surface area contributed by atoms with Gasteiger partial charge >= 0.3 is 0 Å². The van der Waals surface area contributed by atoms with Crippen molar-refractivity contribution in [1.29, 1.82) is 0 Å². The molecule has 0 aliphatic rings. The van der Waals surface area contributed by atoms with Crippen molar-refractivity contribution in [3.8, 4) is 0 Å². The monoisotopic (exact) mass is 236 g/mol. The summed E-state index contributed by atoms with van der Waals surface area (Å²) in [6, 6.07) is 5.93. The number of anilines is 1. The highest BCUT2D eigenvalue weighted by atomic mass is 79.9. The number of halogens is 2. The summed E-state index contributed by atoms with van der Waals surface area (Å²) >= 11 is 3.36. The molecule has 2 nitrogen and oxygen atoms in total. The minimum absolute atomic E-state index is 0. The summed E-state index contributed by atoms with van der Waals surface area (Å²) in [4.78, 5) is 0. The lowest BCUT2D eigenvalue weighted by molar-refractivity contribution is 1.33. The van der Waals surface area contributed by atoms with Gasteiger partial charge in [0.15, 0.2) is 0 Å². The highest BCUT2D eigenvalue weighted by molar-refractivity contribution is 9.10. The SMILES string of the molecule is Cc1cc(Br)cc(NN)c1.Cl. The molecule has 11 heavy (non-hydrogen) atoms. The van der Waals surface area contributed by atoms with Crippen LogP contribution in [0.4, 0.5) is 5.69 Å². The van der Waals surface area contributed by atoms with Gasteiger partial charge in [-0.05, 0) is 30.7 Å². The number of rotatable bonds is 1. The molecule has 0 fully saturated rings. The Hall–Kier alpha value is -0.250. The van der Waals surface area contributed by atoms with Crippen molar-refractivity contribution >= 4 is 34.0 Å². The largest absolute Gasteiger partial charge is 0.324 e. The van der Waals surface area contributed by atoms with E-state index in [1.165, 1.54) is 5.56 Å². The second kappa shape index (κ2) is 4.59. The van der Waals surface area contributed by atoms with Crippen molar-refractivity contribution in [1.82, 2.24) is 0 Å². The number of hydrogen-bond donors (Lipinski definition) is 2. The maximum Gasteiger partial charge on any atom is 0.0498 e. The lowest BCUT2D eigenvalue weighted by Crippen LogP contribution is -2.06. The van der Waals surface area contributed by atoms with Crippen LogP contribution in [0.15, 0.2) is 22.7 Å². The predicted molar refractivity (Wildman–Crippen MR) is 53.9 cm³/mol. The third-order valence-electron chi connectivity index (χ3n) is 1.21. The molecule has 0 saturated carbocycles. The molecule has 0 atom stereocenters. The van der Waals surface area contributed by atoms with E-state index in [4.69, 9.17) is 5.84 Å². The molecule has 1 aromatic rings. The minimum atomic E-state index is 0. The van der Waals surface area contributed by atoms with Crippen molar-refractivity contribution in [2.45, 2.75) is 6.92 Å². The first-order chi connectivity index (χ1) is 4.72. The van der Waals surface area contributed by atoms with Crippen LogP contribution < -0.4 is 11.3 Å². The number of nitrogen functional groups attached to an aromatic ring is 1. The molecule has 0 bridgehead atoms. The highest BCUT2D eigenvalue weighted by Gasteiger charge is 1.92. The van der Waals surface area contributed by atoms with E-state index in [1.54, 1.807) is 0 Å². The van der Waals surface area contributed by atoms with Crippen LogP contribution in [-0.4, -0.2) is 0 Å². The van der Waals surface area contributed by atoms with Crippen LogP contribution in [0.5, 0.6) is 0 Å². The van der Waals surface area contributed by atoms with Crippen LogP contribution in [0.1, 0.15) is 5.56 Å². The zero-order valence-corrected chi connectivity index (χ0v) is 8.50. The van der Waals surface area contributed by atoms with Crippen LogP contribution in [0, 0.1) is 6.92 Å². The fraction of sp³-hybridized carbons (Fsp3) is 0.143. The summed E-state index contributed by atoms with van der Waals surface area (Å²) in [5.41, 5.74) is 4.68. The Kier molecular flexibility index (Phi) is 4.49. The van der Waals surface area contributed by atoms with Gasteiger partial charge < -0.3 is 5.43 Å². The van der Waals surface area contributed by atoms with Crippen LogP contribution in [-0.2, 0) is 0 Å². The van der Waals surface area contributed by atoms with Crippen LogP contribution in [0.3, 0.4) is 0 Å². The molecular weight excluding hydrogens is 227 g/mol. The molecule has 0 aliphatic carbocycles. The third-order valence-corrected chi connectivity index (χ3v) is 1.67. The second-order valence-corrected chi connectivity index (χ2v) is 3.08. The standard InChI is InChI=1S/C7H9BrN2.ClH/c1-5-2-6(8)4-7(3-5)10-9;/h2-4,10H,9H2,1H3;1H. The number of nitrogens with one attached hydrogen (secondary N) is 1. The fourth-order valence-corrected chi connectivity index (χ4v) is 1.43. The van der Waals surface area contributed by atoms with Crippen molar-refractivity contribution in [3.63, 3.8) is 0 Å². The molecule has 0 aliphatic heterocycles. The van der Waals surface area contributed by atoms with Crippen molar-refractivity contribution in [2.75, 3.05) is 5.43 Å². The molecule has 0 heterocycles. The zero-order chi connectivity index (χ0) is 7.56. The second-order valence-electron chi connectivity index (χ2n) is 2.16. The maximum atomic E-state index is 5.22. The molecule has 4 heteroatoms. The zero-order valence-electron chi connectivity index (χ0n) is 6.10. The van der Waals surface area contributed by atoms with Crippen LogP contribution >= 0.6 is 28.3 Å². The van der Waals surface area contributed by atoms with E-state index in [0.717, 1.165) is 10.2 Å². The van der Waals surface area contributed by atoms with E-state index in [9.17, 15) is 0 Å². The number of hydrogen-bond acceptors (Lipinski definition) is 2. The summed E-state index contributed by atoms with van der Waals surface area (Å²) in [7, 11) is 0. The lowest BCUT2D eigenvalue weighted by Gasteiger charge is -2.01. The fourth-order valence-electron chi connectivity index (χ4n) is 0.820.